The molecular weight excluding hydrogens is 270 g/mol. The van der Waals surface area contributed by atoms with Crippen molar-refractivity contribution in [3.8, 4) is 10.8 Å². The van der Waals surface area contributed by atoms with Crippen molar-refractivity contribution >= 4 is 11.3 Å². The van der Waals surface area contributed by atoms with E-state index in [9.17, 15) is 0 Å². The molecule has 1 fully saturated rings. The van der Waals surface area contributed by atoms with Gasteiger partial charge in [-0.05, 0) is 44.4 Å². The van der Waals surface area contributed by atoms with Gasteiger partial charge in [0, 0.05) is 24.5 Å². The lowest BCUT2D eigenvalue weighted by molar-refractivity contribution is 0.112. The second-order valence-corrected chi connectivity index (χ2v) is 6.44. The number of likely N-dealkylation sites (tertiary alicyclic amines) is 1. The van der Waals surface area contributed by atoms with Gasteiger partial charge in [-0.15, -0.1) is 11.3 Å². The van der Waals surface area contributed by atoms with Crippen molar-refractivity contribution in [2.75, 3.05) is 13.1 Å². The van der Waals surface area contributed by atoms with E-state index in [0.717, 1.165) is 36.1 Å². The van der Waals surface area contributed by atoms with Crippen molar-refractivity contribution in [3.63, 3.8) is 0 Å². The lowest BCUT2D eigenvalue weighted by Crippen LogP contribution is -2.43. The normalized spacial score (nSPS) is 24.1. The largest absolute Gasteiger partial charge is 0.462 e. The average molecular weight is 291 g/mol. The molecule has 1 saturated heterocycles. The fourth-order valence-electron chi connectivity index (χ4n) is 2.78. The molecule has 0 saturated carbocycles. The van der Waals surface area contributed by atoms with E-state index in [1.807, 2.05) is 12.1 Å². The molecule has 3 rings (SSSR count). The van der Waals surface area contributed by atoms with Gasteiger partial charge < -0.3 is 10.2 Å². The third kappa shape index (κ3) is 2.95. The summed E-state index contributed by atoms with van der Waals surface area (Å²) in [6.45, 7) is 5.09. The molecule has 0 bridgehead atoms. The van der Waals surface area contributed by atoms with Gasteiger partial charge >= 0.3 is 0 Å². The molecule has 5 heteroatoms. The Morgan fingerprint density at radius 1 is 1.50 bits per heavy atom. The minimum atomic E-state index is 0.617. The zero-order valence-electron chi connectivity index (χ0n) is 11.8. The van der Waals surface area contributed by atoms with Crippen LogP contribution in [0.3, 0.4) is 0 Å². The topological polar surface area (TPSA) is 55.3 Å². The lowest BCUT2D eigenvalue weighted by atomic mass is 9.93. The summed E-state index contributed by atoms with van der Waals surface area (Å²) in [5.74, 6) is 1.49. The first kappa shape index (κ1) is 13.8. The van der Waals surface area contributed by atoms with Crippen LogP contribution >= 0.6 is 11.3 Å². The molecule has 2 atom stereocenters. The number of rotatable bonds is 4. The van der Waals surface area contributed by atoms with Crippen molar-refractivity contribution in [3.05, 3.63) is 29.5 Å². The van der Waals surface area contributed by atoms with Gasteiger partial charge in [-0.1, -0.05) is 0 Å². The van der Waals surface area contributed by atoms with Crippen LogP contribution in [0.15, 0.2) is 28.2 Å². The van der Waals surface area contributed by atoms with Crippen LogP contribution in [0.25, 0.3) is 10.8 Å². The van der Waals surface area contributed by atoms with E-state index in [1.165, 1.54) is 12.8 Å². The van der Waals surface area contributed by atoms with Gasteiger partial charge in [0.25, 0.3) is 0 Å². The fraction of sp³-hybridized carbons (Fsp3) is 0.533. The number of nitrogens with zero attached hydrogens (tertiary/aromatic N) is 2. The van der Waals surface area contributed by atoms with Crippen LogP contribution < -0.4 is 5.73 Å². The zero-order chi connectivity index (χ0) is 13.9. The first-order valence-corrected chi connectivity index (χ1v) is 8.06. The highest BCUT2D eigenvalue weighted by atomic mass is 32.1. The third-order valence-corrected chi connectivity index (χ3v) is 5.00. The molecule has 2 aromatic rings. The number of piperidine rings is 1. The van der Waals surface area contributed by atoms with E-state index in [2.05, 4.69) is 22.2 Å². The Morgan fingerprint density at radius 2 is 2.40 bits per heavy atom. The van der Waals surface area contributed by atoms with Gasteiger partial charge in [0.1, 0.15) is 0 Å². The van der Waals surface area contributed by atoms with E-state index in [-0.39, 0.29) is 0 Å². The number of hydrogen-bond acceptors (Lipinski definition) is 5. The summed E-state index contributed by atoms with van der Waals surface area (Å²) in [6, 6.07) is 4.47. The molecule has 3 heterocycles. The van der Waals surface area contributed by atoms with Crippen molar-refractivity contribution in [1.82, 2.24) is 9.88 Å². The molecule has 2 N–H and O–H groups in total. The van der Waals surface area contributed by atoms with Crippen LogP contribution in [0.1, 0.15) is 25.5 Å². The SMILES string of the molecule is CC1CCC(CN)CN1Cc1csc(-c2ccco2)n1. The predicted molar refractivity (Wildman–Crippen MR) is 81.5 cm³/mol. The summed E-state index contributed by atoms with van der Waals surface area (Å²) in [5.41, 5.74) is 6.95. The van der Waals surface area contributed by atoms with Crippen LogP contribution in [-0.4, -0.2) is 29.0 Å². The number of hydrogen-bond donors (Lipinski definition) is 1. The maximum Gasteiger partial charge on any atom is 0.162 e. The van der Waals surface area contributed by atoms with E-state index >= 15 is 0 Å². The van der Waals surface area contributed by atoms with Gasteiger partial charge in [-0.2, -0.15) is 0 Å². The summed E-state index contributed by atoms with van der Waals surface area (Å²) in [5, 5.41) is 3.10. The highest BCUT2D eigenvalue weighted by Crippen LogP contribution is 2.27. The van der Waals surface area contributed by atoms with Crippen LogP contribution in [0, 0.1) is 5.92 Å². The molecule has 1 aliphatic rings. The molecule has 0 radical (unpaired) electrons. The van der Waals surface area contributed by atoms with E-state index in [4.69, 9.17) is 10.2 Å². The van der Waals surface area contributed by atoms with Crippen molar-refractivity contribution in [2.24, 2.45) is 11.7 Å². The summed E-state index contributed by atoms with van der Waals surface area (Å²) in [6.07, 6.45) is 4.18. The molecular formula is C15H21N3OS. The van der Waals surface area contributed by atoms with Crippen molar-refractivity contribution in [2.45, 2.75) is 32.4 Å². The average Bonchev–Trinajstić information content (AvgIpc) is 3.12. The lowest BCUT2D eigenvalue weighted by Gasteiger charge is -2.37. The van der Waals surface area contributed by atoms with Crippen LogP contribution in [0.5, 0.6) is 0 Å². The van der Waals surface area contributed by atoms with Crippen molar-refractivity contribution in [1.29, 1.82) is 0 Å². The van der Waals surface area contributed by atoms with Crippen LogP contribution in [0.2, 0.25) is 0 Å². The molecule has 20 heavy (non-hydrogen) atoms. The Kier molecular flexibility index (Phi) is 4.19. The third-order valence-electron chi connectivity index (χ3n) is 4.09. The first-order chi connectivity index (χ1) is 9.76. The highest BCUT2D eigenvalue weighted by Gasteiger charge is 2.25. The summed E-state index contributed by atoms with van der Waals surface area (Å²) < 4.78 is 5.40. The quantitative estimate of drug-likeness (QED) is 0.941. The number of nitrogens with two attached hydrogens (primary N) is 1. The Balaban J connectivity index is 1.68. The first-order valence-electron chi connectivity index (χ1n) is 7.18. The summed E-state index contributed by atoms with van der Waals surface area (Å²) >= 11 is 1.65. The summed E-state index contributed by atoms with van der Waals surface area (Å²) in [7, 11) is 0. The second kappa shape index (κ2) is 6.08. The Hall–Kier alpha value is -1.17. The maximum atomic E-state index is 5.82. The minimum absolute atomic E-state index is 0.617. The Morgan fingerprint density at radius 3 is 3.15 bits per heavy atom. The zero-order valence-corrected chi connectivity index (χ0v) is 12.6. The molecule has 4 nitrogen and oxygen atoms in total. The number of aromatic nitrogens is 1. The molecule has 0 aromatic carbocycles. The van der Waals surface area contributed by atoms with Gasteiger partial charge in [0.05, 0.1) is 12.0 Å². The van der Waals surface area contributed by atoms with Crippen LogP contribution in [-0.2, 0) is 6.54 Å². The van der Waals surface area contributed by atoms with Crippen molar-refractivity contribution < 1.29 is 4.42 Å². The molecule has 0 spiro atoms. The molecule has 2 unspecified atom stereocenters. The Labute approximate surface area is 123 Å². The summed E-state index contributed by atoms with van der Waals surface area (Å²) in [4.78, 5) is 7.19. The number of thiazole rings is 1. The van der Waals surface area contributed by atoms with E-state index in [1.54, 1.807) is 17.6 Å². The van der Waals surface area contributed by atoms with Gasteiger partial charge in [-0.25, -0.2) is 4.98 Å². The minimum Gasteiger partial charge on any atom is -0.462 e. The molecule has 1 aliphatic heterocycles. The van der Waals surface area contributed by atoms with Crippen LogP contribution in [0.4, 0.5) is 0 Å². The smallest absolute Gasteiger partial charge is 0.162 e. The monoisotopic (exact) mass is 291 g/mol. The van der Waals surface area contributed by atoms with Gasteiger partial charge in [0.2, 0.25) is 0 Å². The number of furan rings is 1. The van der Waals surface area contributed by atoms with Gasteiger partial charge in [-0.3, -0.25) is 4.90 Å². The van der Waals surface area contributed by atoms with E-state index < -0.39 is 0 Å². The second-order valence-electron chi connectivity index (χ2n) is 5.58. The standard InChI is InChI=1S/C15H21N3OS/c1-11-4-5-12(7-16)8-18(11)9-13-10-20-15(17-13)14-3-2-6-19-14/h2-3,6,10-12H,4-5,7-9,16H2,1H3. The Bertz CT molecular complexity index is 537. The van der Waals surface area contributed by atoms with Gasteiger partial charge in [0.15, 0.2) is 10.8 Å². The molecule has 0 aliphatic carbocycles. The molecule has 108 valence electrons. The van der Waals surface area contributed by atoms with E-state index in [0.29, 0.717) is 12.0 Å². The predicted octanol–water partition coefficient (Wildman–Crippen LogP) is 2.96. The maximum absolute atomic E-state index is 5.82. The molecule has 2 aromatic heterocycles. The highest BCUT2D eigenvalue weighted by molar-refractivity contribution is 7.13. The fourth-order valence-corrected chi connectivity index (χ4v) is 3.55. The molecule has 0 amide bonds.